The number of amides is 1. The summed E-state index contributed by atoms with van der Waals surface area (Å²) < 4.78 is 26.5. The Morgan fingerprint density at radius 1 is 1.04 bits per heavy atom. The number of hydrogen-bond acceptors (Lipinski definition) is 3. The Labute approximate surface area is 167 Å². The molecular weight excluding hydrogens is 419 g/mol. The number of hydrogen-bond donors (Lipinski definition) is 1. The van der Waals surface area contributed by atoms with E-state index in [4.69, 9.17) is 34.8 Å². The Morgan fingerprint density at radius 2 is 1.65 bits per heavy atom. The van der Waals surface area contributed by atoms with Gasteiger partial charge in [-0.25, -0.2) is 8.42 Å². The van der Waals surface area contributed by atoms with Gasteiger partial charge in [0.1, 0.15) is 0 Å². The van der Waals surface area contributed by atoms with Crippen LogP contribution in [0, 0.1) is 0 Å². The van der Waals surface area contributed by atoms with Crippen LogP contribution in [0.15, 0.2) is 41.3 Å². The van der Waals surface area contributed by atoms with E-state index in [0.29, 0.717) is 15.7 Å². The lowest BCUT2D eigenvalue weighted by Crippen LogP contribution is -2.33. The molecule has 2 rings (SSSR count). The summed E-state index contributed by atoms with van der Waals surface area (Å²) in [7, 11) is -2.28. The maximum Gasteiger partial charge on any atom is 0.257 e. The number of anilines is 1. The Morgan fingerprint density at radius 3 is 2.27 bits per heavy atom. The smallest absolute Gasteiger partial charge is 0.257 e. The Kier molecular flexibility index (Phi) is 6.58. The van der Waals surface area contributed by atoms with Gasteiger partial charge in [-0.2, -0.15) is 4.31 Å². The maximum atomic E-state index is 12.6. The van der Waals surface area contributed by atoms with Crippen LogP contribution in [-0.4, -0.2) is 31.7 Å². The lowest BCUT2D eigenvalue weighted by atomic mass is 10.2. The van der Waals surface area contributed by atoms with Gasteiger partial charge in [-0.1, -0.05) is 34.8 Å². The zero-order valence-corrected chi connectivity index (χ0v) is 17.3. The minimum absolute atomic E-state index is 0.0148. The van der Waals surface area contributed by atoms with Crippen molar-refractivity contribution in [1.29, 1.82) is 0 Å². The highest BCUT2D eigenvalue weighted by atomic mass is 35.5. The molecule has 0 spiro atoms. The van der Waals surface area contributed by atoms with E-state index in [0.717, 1.165) is 0 Å². The number of carbonyl (C=O) groups is 1. The summed E-state index contributed by atoms with van der Waals surface area (Å²) in [6.45, 7) is 3.50. The third kappa shape index (κ3) is 4.50. The average Bonchev–Trinajstić information content (AvgIpc) is 2.57. The summed E-state index contributed by atoms with van der Waals surface area (Å²) in [4.78, 5) is 12.5. The van der Waals surface area contributed by atoms with Gasteiger partial charge in [0.15, 0.2) is 0 Å². The van der Waals surface area contributed by atoms with Crippen LogP contribution < -0.4 is 5.32 Å². The van der Waals surface area contributed by atoms with E-state index in [1.54, 1.807) is 26.0 Å². The zero-order chi connectivity index (χ0) is 19.6. The fourth-order valence-electron chi connectivity index (χ4n) is 2.07. The van der Waals surface area contributed by atoms with Crippen molar-refractivity contribution in [2.45, 2.75) is 24.8 Å². The van der Waals surface area contributed by atoms with Gasteiger partial charge in [-0.05, 0) is 50.2 Å². The fraction of sp³-hybridized carbons (Fsp3) is 0.235. The number of halogens is 3. The fourth-order valence-corrected chi connectivity index (χ4v) is 4.00. The second kappa shape index (κ2) is 8.15. The van der Waals surface area contributed by atoms with Gasteiger partial charge in [-0.3, -0.25) is 4.79 Å². The Balaban J connectivity index is 2.41. The van der Waals surface area contributed by atoms with Gasteiger partial charge >= 0.3 is 0 Å². The molecule has 0 atom stereocenters. The summed E-state index contributed by atoms with van der Waals surface area (Å²) in [6, 6.07) is 8.35. The number of sulfonamides is 1. The van der Waals surface area contributed by atoms with Crippen LogP contribution in [0.1, 0.15) is 24.2 Å². The van der Waals surface area contributed by atoms with E-state index in [-0.39, 0.29) is 21.5 Å². The van der Waals surface area contributed by atoms with E-state index in [9.17, 15) is 13.2 Å². The maximum absolute atomic E-state index is 12.6. The first-order chi connectivity index (χ1) is 12.0. The van der Waals surface area contributed by atoms with Crippen molar-refractivity contribution in [1.82, 2.24) is 4.31 Å². The molecular formula is C17H17Cl3N2O3S. The zero-order valence-electron chi connectivity index (χ0n) is 14.3. The van der Waals surface area contributed by atoms with Crippen LogP contribution in [0.3, 0.4) is 0 Å². The summed E-state index contributed by atoms with van der Waals surface area (Å²) in [5.41, 5.74) is 0.314. The monoisotopic (exact) mass is 434 g/mol. The van der Waals surface area contributed by atoms with Crippen molar-refractivity contribution >= 4 is 56.4 Å². The van der Waals surface area contributed by atoms with Crippen molar-refractivity contribution in [2.24, 2.45) is 0 Å². The van der Waals surface area contributed by atoms with Gasteiger partial charge in [0.05, 0.1) is 26.2 Å². The molecule has 0 bridgehead atoms. The third-order valence-corrected chi connectivity index (χ3v) is 6.69. The molecule has 2 aromatic carbocycles. The van der Waals surface area contributed by atoms with Crippen LogP contribution in [0.5, 0.6) is 0 Å². The van der Waals surface area contributed by atoms with E-state index >= 15 is 0 Å². The van der Waals surface area contributed by atoms with Gasteiger partial charge < -0.3 is 5.32 Å². The molecule has 0 radical (unpaired) electrons. The van der Waals surface area contributed by atoms with Gasteiger partial charge in [0.25, 0.3) is 5.91 Å². The van der Waals surface area contributed by atoms with E-state index < -0.39 is 15.9 Å². The largest absolute Gasteiger partial charge is 0.321 e. The molecule has 26 heavy (non-hydrogen) atoms. The second-order valence-corrected chi connectivity index (χ2v) is 9.08. The van der Waals surface area contributed by atoms with Gasteiger partial charge in [0, 0.05) is 18.1 Å². The molecule has 0 saturated carbocycles. The Hall–Kier alpha value is -1.31. The number of rotatable bonds is 5. The molecule has 0 unspecified atom stereocenters. The standard InChI is InChI=1S/C17H17Cl3N2O3S/c1-10(2)22(3)26(24,25)12-5-7-14(19)13(9-12)17(23)21-16-8-11(18)4-6-15(16)20/h4-10H,1-3H3,(H,21,23). The molecule has 5 nitrogen and oxygen atoms in total. The number of benzene rings is 2. The molecule has 0 aliphatic rings. The van der Waals surface area contributed by atoms with Crippen LogP contribution in [0.4, 0.5) is 5.69 Å². The molecule has 140 valence electrons. The molecule has 2 aromatic rings. The van der Waals surface area contributed by atoms with Gasteiger partial charge in [-0.15, -0.1) is 0 Å². The summed E-state index contributed by atoms with van der Waals surface area (Å²) in [5.74, 6) is -0.594. The summed E-state index contributed by atoms with van der Waals surface area (Å²) in [6.07, 6.45) is 0. The topological polar surface area (TPSA) is 66.5 Å². The summed E-state index contributed by atoms with van der Waals surface area (Å²) >= 11 is 18.0. The first-order valence-electron chi connectivity index (χ1n) is 7.58. The van der Waals surface area contributed by atoms with Crippen LogP contribution in [0.2, 0.25) is 15.1 Å². The first kappa shape index (κ1) is 21.0. The lowest BCUT2D eigenvalue weighted by Gasteiger charge is -2.21. The quantitative estimate of drug-likeness (QED) is 0.724. The summed E-state index contributed by atoms with van der Waals surface area (Å²) in [5, 5.41) is 3.40. The molecule has 0 fully saturated rings. The lowest BCUT2D eigenvalue weighted by molar-refractivity contribution is 0.102. The van der Waals surface area contributed by atoms with Crippen LogP contribution in [-0.2, 0) is 10.0 Å². The van der Waals surface area contributed by atoms with Crippen molar-refractivity contribution in [3.05, 3.63) is 57.0 Å². The van der Waals surface area contributed by atoms with E-state index in [1.807, 2.05) is 0 Å². The number of nitrogens with zero attached hydrogens (tertiary/aromatic N) is 1. The minimum Gasteiger partial charge on any atom is -0.321 e. The normalized spacial score (nSPS) is 11.8. The van der Waals surface area contributed by atoms with Crippen molar-refractivity contribution < 1.29 is 13.2 Å². The molecule has 0 heterocycles. The SMILES string of the molecule is CC(C)N(C)S(=O)(=O)c1ccc(Cl)c(C(=O)Nc2cc(Cl)ccc2Cl)c1. The highest BCUT2D eigenvalue weighted by Crippen LogP contribution is 2.28. The first-order valence-corrected chi connectivity index (χ1v) is 10.2. The van der Waals surface area contributed by atoms with E-state index in [2.05, 4.69) is 5.32 Å². The Bertz CT molecular complexity index is 946. The van der Waals surface area contributed by atoms with Crippen molar-refractivity contribution in [3.8, 4) is 0 Å². The molecule has 0 aliphatic heterocycles. The van der Waals surface area contributed by atoms with Gasteiger partial charge in [0.2, 0.25) is 10.0 Å². The molecule has 0 aromatic heterocycles. The predicted molar refractivity (Wildman–Crippen MR) is 106 cm³/mol. The second-order valence-electron chi connectivity index (χ2n) is 5.83. The average molecular weight is 436 g/mol. The minimum atomic E-state index is -3.75. The number of nitrogens with one attached hydrogen (secondary N) is 1. The molecule has 0 saturated heterocycles. The third-order valence-electron chi connectivity index (χ3n) is 3.76. The molecule has 0 aliphatic carbocycles. The molecule has 9 heteroatoms. The van der Waals surface area contributed by atoms with Crippen molar-refractivity contribution in [2.75, 3.05) is 12.4 Å². The highest BCUT2D eigenvalue weighted by molar-refractivity contribution is 7.89. The predicted octanol–water partition coefficient (Wildman–Crippen LogP) is 4.93. The van der Waals surface area contributed by atoms with Crippen molar-refractivity contribution in [3.63, 3.8) is 0 Å². The number of carbonyl (C=O) groups excluding carboxylic acids is 1. The van der Waals surface area contributed by atoms with Crippen LogP contribution in [0.25, 0.3) is 0 Å². The van der Waals surface area contributed by atoms with Crippen LogP contribution >= 0.6 is 34.8 Å². The molecule has 1 N–H and O–H groups in total. The molecule has 1 amide bonds. The highest BCUT2D eigenvalue weighted by Gasteiger charge is 2.25. The van der Waals surface area contributed by atoms with E-state index in [1.165, 1.54) is 35.6 Å².